The van der Waals surface area contributed by atoms with Crippen LogP contribution >= 0.6 is 0 Å². The van der Waals surface area contributed by atoms with Crippen molar-refractivity contribution in [3.8, 4) is 0 Å². The Hall–Kier alpha value is -1.06. The van der Waals surface area contributed by atoms with Crippen LogP contribution in [0.1, 0.15) is 48.0 Å². The van der Waals surface area contributed by atoms with Crippen molar-refractivity contribution in [2.45, 2.75) is 54.1 Å². The summed E-state index contributed by atoms with van der Waals surface area (Å²) in [5, 5.41) is 0. The maximum atomic E-state index is 10.0. The molecule has 0 saturated heterocycles. The number of hydrogen-bond donors (Lipinski definition) is 0. The van der Waals surface area contributed by atoms with Crippen molar-refractivity contribution in [1.82, 2.24) is 0 Å². The van der Waals surface area contributed by atoms with E-state index in [0.29, 0.717) is 6.61 Å². The van der Waals surface area contributed by atoms with E-state index in [1.165, 1.54) is 13.8 Å². The monoisotopic (exact) mass is 233 g/mol. The van der Waals surface area contributed by atoms with Crippen molar-refractivity contribution in [1.29, 1.82) is 0 Å². The third kappa shape index (κ3) is 52.3. The molecule has 0 unspecified atom stereocenters. The molecule has 0 aromatic carbocycles. The van der Waals surface area contributed by atoms with Gasteiger partial charge in [0.2, 0.25) is 0 Å². The van der Waals surface area contributed by atoms with Crippen LogP contribution in [0.4, 0.5) is 0 Å². The van der Waals surface area contributed by atoms with Crippen LogP contribution in [0.25, 0.3) is 0 Å². The Morgan fingerprint density at radius 3 is 1.50 bits per heavy atom. The molecule has 4 nitrogen and oxygen atoms in total. The van der Waals surface area contributed by atoms with Gasteiger partial charge in [0.15, 0.2) is 0 Å². The fourth-order valence-electron chi connectivity index (χ4n) is 0.535. The molecule has 0 rings (SSSR count). The molecule has 97 valence electrons. The summed E-state index contributed by atoms with van der Waals surface area (Å²) in [6.45, 7) is 14.2. The lowest BCUT2D eigenvalue weighted by Gasteiger charge is -2.01. The van der Waals surface area contributed by atoms with Gasteiger partial charge in [0.05, 0.1) is 12.7 Å². The molecular formula is C12H25O4. The predicted octanol–water partition coefficient (Wildman–Crippen LogP) is 2.76. The summed E-state index contributed by atoms with van der Waals surface area (Å²) in [6, 6.07) is 0. The molecule has 0 spiro atoms. The van der Waals surface area contributed by atoms with Crippen molar-refractivity contribution in [3.05, 3.63) is 6.92 Å². The minimum absolute atomic E-state index is 0.0255. The Balaban J connectivity index is -0.000000172. The molecule has 0 fully saturated rings. The zero-order chi connectivity index (χ0) is 13.6. The Bertz CT molecular complexity index is 164. The zero-order valence-corrected chi connectivity index (χ0v) is 11.3. The topological polar surface area (TPSA) is 52.6 Å². The van der Waals surface area contributed by atoms with E-state index in [0.717, 1.165) is 6.42 Å². The van der Waals surface area contributed by atoms with E-state index < -0.39 is 0 Å². The molecule has 0 aliphatic rings. The Morgan fingerprint density at radius 2 is 1.50 bits per heavy atom. The summed E-state index contributed by atoms with van der Waals surface area (Å²) in [6.07, 6.45) is 1.03. The number of esters is 2. The van der Waals surface area contributed by atoms with Crippen molar-refractivity contribution in [2.24, 2.45) is 0 Å². The highest BCUT2D eigenvalue weighted by Gasteiger charge is 1.93. The van der Waals surface area contributed by atoms with Gasteiger partial charge in [0.1, 0.15) is 0 Å². The summed E-state index contributed by atoms with van der Waals surface area (Å²) in [7, 11) is 0. The van der Waals surface area contributed by atoms with E-state index in [1.807, 2.05) is 20.8 Å². The minimum atomic E-state index is -0.213. The van der Waals surface area contributed by atoms with Gasteiger partial charge in [-0.25, -0.2) is 0 Å². The van der Waals surface area contributed by atoms with Crippen molar-refractivity contribution >= 4 is 11.9 Å². The normalized spacial score (nSPS) is 8.00. The summed E-state index contributed by atoms with van der Waals surface area (Å²) in [4.78, 5) is 19.9. The molecule has 16 heavy (non-hydrogen) atoms. The van der Waals surface area contributed by atoms with Gasteiger partial charge in [-0.1, -0.05) is 20.3 Å². The number of carbonyl (C=O) groups excluding carboxylic acids is 2. The van der Waals surface area contributed by atoms with Crippen LogP contribution in [0, 0.1) is 6.92 Å². The second-order valence-corrected chi connectivity index (χ2v) is 3.08. The molecule has 0 amide bonds. The number of hydrogen-bond acceptors (Lipinski definition) is 4. The van der Waals surface area contributed by atoms with Crippen molar-refractivity contribution in [3.63, 3.8) is 0 Å². The highest BCUT2D eigenvalue weighted by Crippen LogP contribution is 1.85. The Morgan fingerprint density at radius 1 is 1.12 bits per heavy atom. The molecule has 0 aliphatic carbocycles. The number of ether oxygens (including phenoxy) is 2. The van der Waals surface area contributed by atoms with Gasteiger partial charge < -0.3 is 9.47 Å². The quantitative estimate of drug-likeness (QED) is 0.688. The third-order valence-corrected chi connectivity index (χ3v) is 0.749. The lowest BCUT2D eigenvalue weighted by Crippen LogP contribution is -2.06. The predicted molar refractivity (Wildman–Crippen MR) is 64.9 cm³/mol. The van der Waals surface area contributed by atoms with Gasteiger partial charge in [0, 0.05) is 13.8 Å². The summed E-state index contributed by atoms with van der Waals surface area (Å²) in [5.74, 6) is -0.424. The van der Waals surface area contributed by atoms with Crippen LogP contribution in [-0.2, 0) is 19.1 Å². The molecule has 0 aromatic rings. The van der Waals surface area contributed by atoms with Gasteiger partial charge in [-0.2, -0.15) is 0 Å². The van der Waals surface area contributed by atoms with E-state index in [2.05, 4.69) is 16.4 Å². The number of carbonyl (C=O) groups is 2. The third-order valence-electron chi connectivity index (χ3n) is 0.749. The molecule has 0 bridgehead atoms. The first-order valence-corrected chi connectivity index (χ1v) is 5.41. The zero-order valence-electron chi connectivity index (χ0n) is 11.3. The highest BCUT2D eigenvalue weighted by atomic mass is 16.5. The van der Waals surface area contributed by atoms with Gasteiger partial charge in [0.25, 0.3) is 0 Å². The van der Waals surface area contributed by atoms with Gasteiger partial charge in [-0.15, -0.1) is 0 Å². The van der Waals surface area contributed by atoms with Crippen LogP contribution in [0.5, 0.6) is 0 Å². The maximum absolute atomic E-state index is 10.0. The first-order chi connectivity index (χ1) is 7.31. The maximum Gasteiger partial charge on any atom is 0.302 e. The summed E-state index contributed by atoms with van der Waals surface area (Å²) in [5.41, 5.74) is 0. The lowest BCUT2D eigenvalue weighted by molar-refractivity contribution is -0.144. The molecule has 0 aliphatic heterocycles. The largest absolute Gasteiger partial charge is 0.466 e. The number of rotatable bonds is 2. The van der Waals surface area contributed by atoms with E-state index in [-0.39, 0.29) is 18.0 Å². The fraction of sp³-hybridized carbons (Fsp3) is 0.750. The lowest BCUT2D eigenvalue weighted by atomic mass is 10.5. The first-order valence-electron chi connectivity index (χ1n) is 5.41. The molecule has 0 saturated carbocycles. The van der Waals surface area contributed by atoms with Crippen molar-refractivity contribution in [2.75, 3.05) is 6.61 Å². The fourth-order valence-corrected chi connectivity index (χ4v) is 0.535. The highest BCUT2D eigenvalue weighted by molar-refractivity contribution is 5.66. The molecule has 0 heterocycles. The van der Waals surface area contributed by atoms with Gasteiger partial charge in [-0.05, 0) is 20.8 Å². The minimum Gasteiger partial charge on any atom is -0.466 e. The van der Waals surface area contributed by atoms with Gasteiger partial charge >= 0.3 is 11.9 Å². The average Bonchev–Trinajstić information content (AvgIpc) is 2.02. The first kappa shape index (κ1) is 20.4. The molecule has 0 atom stereocenters. The van der Waals surface area contributed by atoms with E-state index in [1.54, 1.807) is 6.92 Å². The molecule has 0 N–H and O–H groups in total. The van der Waals surface area contributed by atoms with Crippen molar-refractivity contribution < 1.29 is 19.1 Å². The van der Waals surface area contributed by atoms with Crippen LogP contribution in [-0.4, -0.2) is 24.6 Å². The standard InChI is InChI=1S/C5H10O2.C4H8O2.C3H7/c1-4(2)7-5(3)6;1-3-6-4(2)5;1-3-2/h4H,1-3H3;3H2,1-2H3;1,3H2,2H3. The molecular weight excluding hydrogens is 208 g/mol. The second kappa shape index (κ2) is 16.4. The summed E-state index contributed by atoms with van der Waals surface area (Å²) < 4.78 is 9.01. The molecule has 1 radical (unpaired) electrons. The van der Waals surface area contributed by atoms with E-state index in [9.17, 15) is 9.59 Å². The second-order valence-electron chi connectivity index (χ2n) is 3.08. The van der Waals surface area contributed by atoms with E-state index >= 15 is 0 Å². The van der Waals surface area contributed by atoms with Gasteiger partial charge in [-0.3, -0.25) is 9.59 Å². The smallest absolute Gasteiger partial charge is 0.302 e. The van der Waals surface area contributed by atoms with Crippen LogP contribution < -0.4 is 0 Å². The SMILES string of the molecule is CC(=O)OC(C)C.CCOC(C)=O.[CH2]CC. The summed E-state index contributed by atoms with van der Waals surface area (Å²) >= 11 is 0. The Labute approximate surface area is 99.3 Å². The molecule has 4 heteroatoms. The average molecular weight is 233 g/mol. The van der Waals surface area contributed by atoms with Crippen LogP contribution in [0.15, 0.2) is 0 Å². The Kier molecular flexibility index (Phi) is 20.8. The van der Waals surface area contributed by atoms with Crippen LogP contribution in [0.2, 0.25) is 0 Å². The van der Waals surface area contributed by atoms with Crippen LogP contribution in [0.3, 0.4) is 0 Å². The molecule has 0 aromatic heterocycles. The van der Waals surface area contributed by atoms with E-state index in [4.69, 9.17) is 0 Å².